The number of nitrogens with zero attached hydrogens (tertiary/aromatic N) is 2. The number of hydrogen-bond acceptors (Lipinski definition) is 5. The Balaban J connectivity index is 1.84. The molecule has 1 aromatic heterocycles. The Hall–Kier alpha value is -0.520. The number of nitrogens with one attached hydrogen (secondary N) is 1. The van der Waals surface area contributed by atoms with Crippen LogP contribution < -0.4 is 5.32 Å². The van der Waals surface area contributed by atoms with Gasteiger partial charge >= 0.3 is 0 Å². The van der Waals surface area contributed by atoms with Crippen LogP contribution in [-0.4, -0.2) is 29.0 Å². The van der Waals surface area contributed by atoms with E-state index in [9.17, 15) is 0 Å². The quantitative estimate of drug-likeness (QED) is 0.893. The topological polar surface area (TPSA) is 47.0 Å². The smallest absolute Gasteiger partial charge is 0.137 e. The van der Waals surface area contributed by atoms with Crippen molar-refractivity contribution in [3.63, 3.8) is 0 Å². The molecule has 1 spiro atoms. The molecule has 0 aromatic carbocycles. The Bertz CT molecular complexity index is 435. The average Bonchev–Trinajstić information content (AvgIpc) is 2.75. The molecule has 1 atom stereocenters. The van der Waals surface area contributed by atoms with Crippen LogP contribution in [0.1, 0.15) is 49.7 Å². The van der Waals surface area contributed by atoms with E-state index in [2.05, 4.69) is 36.3 Å². The molecule has 2 heterocycles. The van der Waals surface area contributed by atoms with Crippen LogP contribution in [0, 0.1) is 5.41 Å². The molecular weight excluding hydrogens is 246 g/mol. The van der Waals surface area contributed by atoms with Crippen molar-refractivity contribution in [3.05, 3.63) is 10.0 Å². The molecule has 1 aliphatic carbocycles. The van der Waals surface area contributed by atoms with Gasteiger partial charge in [-0.05, 0) is 24.7 Å². The summed E-state index contributed by atoms with van der Waals surface area (Å²) in [7, 11) is 0. The first-order valence-corrected chi connectivity index (χ1v) is 7.56. The van der Waals surface area contributed by atoms with Gasteiger partial charge < -0.3 is 10.1 Å². The third kappa shape index (κ3) is 1.98. The molecule has 4 nitrogen and oxygen atoms in total. The molecule has 1 saturated heterocycles. The minimum Gasteiger partial charge on any atom is -0.372 e. The number of aromatic nitrogens is 2. The highest BCUT2D eigenvalue weighted by Gasteiger charge is 2.57. The predicted octanol–water partition coefficient (Wildman–Crippen LogP) is 2.32. The Kier molecular flexibility index (Phi) is 2.95. The summed E-state index contributed by atoms with van der Waals surface area (Å²) in [6, 6.07) is 0.233. The molecule has 2 aliphatic rings. The van der Waals surface area contributed by atoms with E-state index in [4.69, 9.17) is 4.74 Å². The average molecular weight is 267 g/mol. The van der Waals surface area contributed by atoms with Crippen molar-refractivity contribution >= 4 is 11.3 Å². The summed E-state index contributed by atoms with van der Waals surface area (Å²) >= 11 is 1.73. The second kappa shape index (κ2) is 4.25. The highest BCUT2D eigenvalue weighted by Crippen LogP contribution is 2.56. The summed E-state index contributed by atoms with van der Waals surface area (Å²) in [5.41, 5.74) is 0.363. The molecule has 0 bridgehead atoms. The van der Waals surface area contributed by atoms with Crippen LogP contribution in [0.4, 0.5) is 0 Å². The number of hydrogen-bond donors (Lipinski definition) is 1. The zero-order valence-corrected chi connectivity index (χ0v) is 12.1. The van der Waals surface area contributed by atoms with Gasteiger partial charge in [0.1, 0.15) is 10.0 Å². The van der Waals surface area contributed by atoms with Crippen molar-refractivity contribution in [1.82, 2.24) is 15.5 Å². The summed E-state index contributed by atoms with van der Waals surface area (Å²) in [6.45, 7) is 8.47. The fraction of sp³-hybridized carbons (Fsp3) is 0.846. The van der Waals surface area contributed by atoms with E-state index in [1.54, 1.807) is 11.3 Å². The first-order valence-electron chi connectivity index (χ1n) is 6.74. The maximum Gasteiger partial charge on any atom is 0.137 e. The van der Waals surface area contributed by atoms with Gasteiger partial charge in [0.05, 0.1) is 18.2 Å². The summed E-state index contributed by atoms with van der Waals surface area (Å²) in [4.78, 5) is 0. The number of aryl methyl sites for hydroxylation is 1. The van der Waals surface area contributed by atoms with Gasteiger partial charge in [0, 0.05) is 6.54 Å². The van der Waals surface area contributed by atoms with Crippen molar-refractivity contribution in [2.45, 2.75) is 51.7 Å². The second-order valence-corrected chi connectivity index (χ2v) is 7.30. The van der Waals surface area contributed by atoms with E-state index in [1.807, 2.05) is 0 Å². The maximum atomic E-state index is 6.12. The molecule has 1 aliphatic heterocycles. The first kappa shape index (κ1) is 12.5. The van der Waals surface area contributed by atoms with Crippen LogP contribution in [0.15, 0.2) is 0 Å². The number of ether oxygens (including phenoxy) is 1. The zero-order valence-electron chi connectivity index (χ0n) is 11.3. The van der Waals surface area contributed by atoms with E-state index in [1.165, 1.54) is 0 Å². The molecular formula is C13H21N3OS. The van der Waals surface area contributed by atoms with Crippen molar-refractivity contribution in [3.8, 4) is 0 Å². The molecule has 3 rings (SSSR count). The highest BCUT2D eigenvalue weighted by molar-refractivity contribution is 7.11. The lowest BCUT2D eigenvalue weighted by atomic mass is 9.58. The van der Waals surface area contributed by atoms with Crippen molar-refractivity contribution in [1.29, 1.82) is 0 Å². The van der Waals surface area contributed by atoms with Crippen LogP contribution in [-0.2, 0) is 11.2 Å². The molecule has 5 heteroatoms. The monoisotopic (exact) mass is 267 g/mol. The molecule has 2 fully saturated rings. The standard InChI is InChI=1S/C13H21N3OS/c1-4-9-15-16-11(18-9)10-13(17-6-5-14-10)7-12(2,3)8-13/h10,14H,4-8H2,1-3H3. The van der Waals surface area contributed by atoms with Gasteiger partial charge in [-0.1, -0.05) is 32.1 Å². The SMILES string of the molecule is CCc1nnc(C2NCCOC23CC(C)(C)C3)s1. The largest absolute Gasteiger partial charge is 0.372 e. The van der Waals surface area contributed by atoms with E-state index in [0.29, 0.717) is 5.41 Å². The molecule has 1 N–H and O–H groups in total. The van der Waals surface area contributed by atoms with E-state index in [0.717, 1.165) is 42.4 Å². The third-order valence-corrected chi connectivity index (χ3v) is 5.09. The zero-order chi connectivity index (χ0) is 12.8. The Morgan fingerprint density at radius 2 is 2.17 bits per heavy atom. The van der Waals surface area contributed by atoms with Crippen LogP contribution in [0.3, 0.4) is 0 Å². The number of rotatable bonds is 2. The summed E-state index contributed by atoms with van der Waals surface area (Å²) < 4.78 is 6.12. The van der Waals surface area contributed by atoms with Crippen LogP contribution >= 0.6 is 11.3 Å². The first-order chi connectivity index (χ1) is 8.55. The van der Waals surface area contributed by atoms with Gasteiger partial charge in [0.2, 0.25) is 0 Å². The molecule has 0 amide bonds. The second-order valence-electron chi connectivity index (χ2n) is 6.21. The van der Waals surface area contributed by atoms with Gasteiger partial charge in [0.15, 0.2) is 0 Å². The normalized spacial score (nSPS) is 29.2. The third-order valence-electron chi connectivity index (χ3n) is 3.95. The fourth-order valence-electron chi connectivity index (χ4n) is 3.44. The molecule has 0 radical (unpaired) electrons. The van der Waals surface area contributed by atoms with Crippen LogP contribution in [0.25, 0.3) is 0 Å². The molecule has 1 aromatic rings. The molecule has 100 valence electrons. The van der Waals surface area contributed by atoms with E-state index >= 15 is 0 Å². The Morgan fingerprint density at radius 1 is 1.39 bits per heavy atom. The van der Waals surface area contributed by atoms with Gasteiger partial charge in [0.25, 0.3) is 0 Å². The van der Waals surface area contributed by atoms with Gasteiger partial charge in [-0.25, -0.2) is 0 Å². The summed E-state index contributed by atoms with van der Waals surface area (Å²) in [6.07, 6.45) is 3.18. The van der Waals surface area contributed by atoms with Crippen LogP contribution in [0.2, 0.25) is 0 Å². The minimum atomic E-state index is -0.0354. The van der Waals surface area contributed by atoms with Crippen molar-refractivity contribution in [2.24, 2.45) is 5.41 Å². The maximum absolute atomic E-state index is 6.12. The van der Waals surface area contributed by atoms with Gasteiger partial charge in [-0.15, -0.1) is 10.2 Å². The number of morpholine rings is 1. The van der Waals surface area contributed by atoms with Crippen LogP contribution in [0.5, 0.6) is 0 Å². The van der Waals surface area contributed by atoms with Gasteiger partial charge in [-0.2, -0.15) is 0 Å². The molecule has 1 unspecified atom stereocenters. The Morgan fingerprint density at radius 3 is 2.78 bits per heavy atom. The summed E-state index contributed by atoms with van der Waals surface area (Å²) in [5, 5.41) is 14.4. The fourth-order valence-corrected chi connectivity index (χ4v) is 4.40. The van der Waals surface area contributed by atoms with E-state index < -0.39 is 0 Å². The van der Waals surface area contributed by atoms with E-state index in [-0.39, 0.29) is 11.6 Å². The summed E-state index contributed by atoms with van der Waals surface area (Å²) in [5.74, 6) is 0. The minimum absolute atomic E-state index is 0.0354. The van der Waals surface area contributed by atoms with Crippen molar-refractivity contribution < 1.29 is 4.74 Å². The van der Waals surface area contributed by atoms with Gasteiger partial charge in [-0.3, -0.25) is 0 Å². The highest BCUT2D eigenvalue weighted by atomic mass is 32.1. The Labute approximate surface area is 112 Å². The lowest BCUT2D eigenvalue weighted by Gasteiger charge is -2.57. The molecule has 18 heavy (non-hydrogen) atoms. The molecule has 1 saturated carbocycles. The van der Waals surface area contributed by atoms with Crippen molar-refractivity contribution in [2.75, 3.05) is 13.2 Å². The lowest BCUT2D eigenvalue weighted by Crippen LogP contribution is -2.61. The lowest BCUT2D eigenvalue weighted by molar-refractivity contribution is -0.195. The predicted molar refractivity (Wildman–Crippen MR) is 71.7 cm³/mol.